The van der Waals surface area contributed by atoms with Crippen molar-refractivity contribution in [1.29, 1.82) is 0 Å². The average Bonchev–Trinajstić information content (AvgIpc) is 2.68. The summed E-state index contributed by atoms with van der Waals surface area (Å²) in [5, 5.41) is 0. The van der Waals surface area contributed by atoms with Crippen LogP contribution in [0.15, 0.2) is 66.2 Å². The van der Waals surface area contributed by atoms with E-state index in [-0.39, 0.29) is 5.91 Å². The number of amides is 1. The molecule has 1 aliphatic rings. The number of carbonyl (C=O) groups excluding carboxylic acids is 1. The van der Waals surface area contributed by atoms with E-state index in [0.29, 0.717) is 0 Å². The van der Waals surface area contributed by atoms with Gasteiger partial charge in [0.25, 0.3) is 0 Å². The molecule has 1 amide bonds. The van der Waals surface area contributed by atoms with Crippen molar-refractivity contribution < 1.29 is 4.79 Å². The zero-order valence-electron chi connectivity index (χ0n) is 14.9. The molecule has 0 atom stereocenters. The molecule has 1 saturated heterocycles. The predicted octanol–water partition coefficient (Wildman–Crippen LogP) is 3.48. The van der Waals surface area contributed by atoms with Crippen molar-refractivity contribution in [1.82, 2.24) is 9.80 Å². The Morgan fingerprint density at radius 3 is 2.16 bits per heavy atom. The number of benzene rings is 2. The Kier molecular flexibility index (Phi) is 6.02. The Balaban J connectivity index is 1.48. The number of hydrogen-bond donors (Lipinski definition) is 0. The summed E-state index contributed by atoms with van der Waals surface area (Å²) in [5.41, 5.74) is 3.27. The Morgan fingerprint density at radius 2 is 1.52 bits per heavy atom. The first-order chi connectivity index (χ1) is 12.2. The van der Waals surface area contributed by atoms with Gasteiger partial charge in [-0.1, -0.05) is 60.7 Å². The van der Waals surface area contributed by atoms with Crippen molar-refractivity contribution in [2.45, 2.75) is 13.3 Å². The van der Waals surface area contributed by atoms with Gasteiger partial charge in [-0.05, 0) is 30.5 Å². The van der Waals surface area contributed by atoms with Crippen molar-refractivity contribution in [3.05, 3.63) is 77.4 Å². The fourth-order valence-corrected chi connectivity index (χ4v) is 3.22. The maximum atomic E-state index is 12.6. The summed E-state index contributed by atoms with van der Waals surface area (Å²) >= 11 is 0. The highest BCUT2D eigenvalue weighted by Gasteiger charge is 2.21. The minimum Gasteiger partial charge on any atom is -0.336 e. The van der Waals surface area contributed by atoms with Crippen LogP contribution in [0.4, 0.5) is 0 Å². The summed E-state index contributed by atoms with van der Waals surface area (Å²) < 4.78 is 0. The van der Waals surface area contributed by atoms with E-state index in [9.17, 15) is 4.79 Å². The van der Waals surface area contributed by atoms with Gasteiger partial charge in [0.2, 0.25) is 5.91 Å². The van der Waals surface area contributed by atoms with Crippen LogP contribution in [0.5, 0.6) is 0 Å². The normalized spacial score (nSPS) is 16.0. The molecular weight excluding hydrogens is 308 g/mol. The summed E-state index contributed by atoms with van der Waals surface area (Å²) in [7, 11) is 0. The van der Waals surface area contributed by atoms with E-state index < -0.39 is 0 Å². The third-order valence-electron chi connectivity index (χ3n) is 4.74. The second-order valence-corrected chi connectivity index (χ2v) is 6.61. The summed E-state index contributed by atoms with van der Waals surface area (Å²) in [5.74, 6) is 0.159. The Morgan fingerprint density at radius 1 is 0.920 bits per heavy atom. The molecular formula is C22H26N2O. The van der Waals surface area contributed by atoms with E-state index in [1.807, 2.05) is 48.2 Å². The largest absolute Gasteiger partial charge is 0.336 e. The molecule has 25 heavy (non-hydrogen) atoms. The molecule has 0 N–H and O–H groups in total. The van der Waals surface area contributed by atoms with Crippen LogP contribution in [0.3, 0.4) is 0 Å². The molecule has 2 aromatic rings. The predicted molar refractivity (Wildman–Crippen MR) is 103 cm³/mol. The van der Waals surface area contributed by atoms with E-state index in [1.54, 1.807) is 0 Å². The molecule has 1 fully saturated rings. The monoisotopic (exact) mass is 334 g/mol. The van der Waals surface area contributed by atoms with Crippen LogP contribution in [-0.2, 0) is 11.2 Å². The third kappa shape index (κ3) is 5.04. The lowest BCUT2D eigenvalue weighted by atomic mass is 10.1. The third-order valence-corrected chi connectivity index (χ3v) is 4.74. The van der Waals surface area contributed by atoms with Crippen LogP contribution in [0.2, 0.25) is 0 Å². The van der Waals surface area contributed by atoms with Gasteiger partial charge in [-0.3, -0.25) is 9.69 Å². The van der Waals surface area contributed by atoms with Crippen molar-refractivity contribution in [3.63, 3.8) is 0 Å². The van der Waals surface area contributed by atoms with Crippen LogP contribution >= 0.6 is 0 Å². The van der Waals surface area contributed by atoms with Crippen molar-refractivity contribution in [2.24, 2.45) is 0 Å². The molecule has 1 heterocycles. The first-order valence-corrected chi connectivity index (χ1v) is 9.01. The van der Waals surface area contributed by atoms with Gasteiger partial charge in [0, 0.05) is 38.3 Å². The topological polar surface area (TPSA) is 23.6 Å². The second-order valence-electron chi connectivity index (χ2n) is 6.61. The van der Waals surface area contributed by atoms with Gasteiger partial charge in [0.1, 0.15) is 0 Å². The molecule has 0 spiro atoms. The number of nitrogens with zero attached hydrogens (tertiary/aromatic N) is 2. The van der Waals surface area contributed by atoms with E-state index >= 15 is 0 Å². The average molecular weight is 334 g/mol. The first-order valence-electron chi connectivity index (χ1n) is 9.01. The second kappa shape index (κ2) is 8.63. The van der Waals surface area contributed by atoms with E-state index in [2.05, 4.69) is 35.2 Å². The molecule has 0 radical (unpaired) electrons. The lowest BCUT2D eigenvalue weighted by Crippen LogP contribution is -2.49. The van der Waals surface area contributed by atoms with E-state index in [1.165, 1.54) is 5.56 Å². The minimum atomic E-state index is 0.159. The number of carbonyl (C=O) groups is 1. The summed E-state index contributed by atoms with van der Waals surface area (Å²) in [6.07, 6.45) is 3.05. The minimum absolute atomic E-state index is 0.159. The zero-order chi connectivity index (χ0) is 17.5. The molecule has 0 aromatic heterocycles. The molecule has 0 unspecified atom stereocenters. The molecule has 1 aliphatic heterocycles. The maximum absolute atomic E-state index is 12.6. The van der Waals surface area contributed by atoms with E-state index in [4.69, 9.17) is 0 Å². The van der Waals surface area contributed by atoms with Gasteiger partial charge >= 0.3 is 0 Å². The molecule has 130 valence electrons. The Labute approximate surface area is 150 Å². The molecule has 2 aromatic carbocycles. The molecule has 0 saturated carbocycles. The van der Waals surface area contributed by atoms with Crippen LogP contribution in [-0.4, -0.2) is 48.4 Å². The van der Waals surface area contributed by atoms with Crippen molar-refractivity contribution in [2.75, 3.05) is 32.7 Å². The number of hydrogen-bond acceptors (Lipinski definition) is 2. The van der Waals surface area contributed by atoms with Gasteiger partial charge in [0.05, 0.1) is 0 Å². The van der Waals surface area contributed by atoms with Gasteiger partial charge in [-0.2, -0.15) is 0 Å². The fraction of sp³-hybridized carbons (Fsp3) is 0.318. The zero-order valence-corrected chi connectivity index (χ0v) is 14.9. The van der Waals surface area contributed by atoms with Gasteiger partial charge < -0.3 is 4.90 Å². The highest BCUT2D eigenvalue weighted by molar-refractivity contribution is 5.97. The summed E-state index contributed by atoms with van der Waals surface area (Å²) in [6, 6.07) is 20.6. The number of piperazine rings is 1. The van der Waals surface area contributed by atoms with Gasteiger partial charge in [0.15, 0.2) is 0 Å². The molecule has 3 heteroatoms. The summed E-state index contributed by atoms with van der Waals surface area (Å²) in [4.78, 5) is 17.1. The van der Waals surface area contributed by atoms with Crippen molar-refractivity contribution >= 4 is 12.0 Å². The molecule has 3 nitrogen and oxygen atoms in total. The van der Waals surface area contributed by atoms with Crippen LogP contribution in [0, 0.1) is 0 Å². The lowest BCUT2D eigenvalue weighted by Gasteiger charge is -2.35. The lowest BCUT2D eigenvalue weighted by molar-refractivity contribution is -0.128. The molecule has 0 aliphatic carbocycles. The molecule has 0 bridgehead atoms. The Hall–Kier alpha value is -2.39. The quantitative estimate of drug-likeness (QED) is 0.782. The van der Waals surface area contributed by atoms with Gasteiger partial charge in [-0.15, -0.1) is 0 Å². The van der Waals surface area contributed by atoms with E-state index in [0.717, 1.165) is 50.3 Å². The summed E-state index contributed by atoms with van der Waals surface area (Å²) in [6.45, 7) is 6.51. The highest BCUT2D eigenvalue weighted by atomic mass is 16.2. The maximum Gasteiger partial charge on any atom is 0.249 e. The highest BCUT2D eigenvalue weighted by Crippen LogP contribution is 2.12. The van der Waals surface area contributed by atoms with Crippen LogP contribution < -0.4 is 0 Å². The van der Waals surface area contributed by atoms with Gasteiger partial charge in [-0.25, -0.2) is 0 Å². The standard InChI is InChI=1S/C22H26N2O/c1-19(18-21-10-6-3-7-11-21)22(25)24-16-14-23(15-17-24)13-12-20-8-4-2-5-9-20/h2-11,18H,12-17H2,1H3/b19-18+. The SMILES string of the molecule is C/C(=C\c1ccccc1)C(=O)N1CCN(CCc2ccccc2)CC1. The smallest absolute Gasteiger partial charge is 0.249 e. The first kappa shape index (κ1) is 17.4. The Bertz CT molecular complexity index is 701. The fourth-order valence-electron chi connectivity index (χ4n) is 3.22. The van der Waals surface area contributed by atoms with Crippen LogP contribution in [0.25, 0.3) is 6.08 Å². The molecule has 3 rings (SSSR count). The number of rotatable bonds is 5. The van der Waals surface area contributed by atoms with Crippen LogP contribution in [0.1, 0.15) is 18.1 Å². The van der Waals surface area contributed by atoms with Crippen molar-refractivity contribution in [3.8, 4) is 0 Å².